The molecule has 5 nitrogen and oxygen atoms in total. The van der Waals surface area contributed by atoms with Crippen molar-refractivity contribution in [2.75, 3.05) is 12.4 Å². The van der Waals surface area contributed by atoms with Gasteiger partial charge in [0, 0.05) is 22.3 Å². The minimum absolute atomic E-state index is 0.418. The fourth-order valence-corrected chi connectivity index (χ4v) is 2.21. The Kier molecular flexibility index (Phi) is 6.77. The minimum Gasteiger partial charge on any atom is -0.497 e. The van der Waals surface area contributed by atoms with Gasteiger partial charge >= 0.3 is 5.97 Å². The van der Waals surface area contributed by atoms with Crippen LogP contribution in [-0.2, 0) is 14.3 Å². The SMILES string of the molecule is COc1cccc(NC(=O)[C@H](C)OC(=O)/C=C/c2ccc(Br)cc2)c1. The van der Waals surface area contributed by atoms with Crippen LogP contribution in [0.3, 0.4) is 0 Å². The van der Waals surface area contributed by atoms with Gasteiger partial charge in [-0.15, -0.1) is 0 Å². The first-order chi connectivity index (χ1) is 12.0. The summed E-state index contributed by atoms with van der Waals surface area (Å²) in [4.78, 5) is 23.9. The van der Waals surface area contributed by atoms with Gasteiger partial charge in [-0.2, -0.15) is 0 Å². The number of benzene rings is 2. The topological polar surface area (TPSA) is 64.6 Å². The molecule has 0 aliphatic carbocycles. The highest BCUT2D eigenvalue weighted by Gasteiger charge is 2.16. The van der Waals surface area contributed by atoms with Crippen molar-refractivity contribution in [2.24, 2.45) is 0 Å². The van der Waals surface area contributed by atoms with Crippen LogP contribution in [0.1, 0.15) is 12.5 Å². The predicted molar refractivity (Wildman–Crippen MR) is 100 cm³/mol. The Morgan fingerprint density at radius 2 is 1.88 bits per heavy atom. The fourth-order valence-electron chi connectivity index (χ4n) is 1.95. The van der Waals surface area contributed by atoms with Crippen LogP contribution in [0.4, 0.5) is 5.69 Å². The van der Waals surface area contributed by atoms with Crippen molar-refractivity contribution in [1.82, 2.24) is 0 Å². The second-order valence-corrected chi connectivity index (χ2v) is 6.10. The molecule has 0 aromatic heterocycles. The monoisotopic (exact) mass is 403 g/mol. The van der Waals surface area contributed by atoms with E-state index in [2.05, 4.69) is 21.2 Å². The molecule has 1 amide bonds. The standard InChI is InChI=1S/C19H18BrNO4/c1-13(19(23)21-16-4-3-5-17(12-16)24-2)25-18(22)11-8-14-6-9-15(20)10-7-14/h3-13H,1-2H3,(H,21,23)/b11-8+/t13-/m0/s1. The lowest BCUT2D eigenvalue weighted by atomic mass is 10.2. The Balaban J connectivity index is 1.89. The van der Waals surface area contributed by atoms with Crippen molar-refractivity contribution in [3.05, 3.63) is 64.6 Å². The number of halogens is 1. The lowest BCUT2D eigenvalue weighted by Crippen LogP contribution is -2.29. The smallest absolute Gasteiger partial charge is 0.331 e. The highest BCUT2D eigenvalue weighted by Crippen LogP contribution is 2.17. The molecule has 1 atom stereocenters. The molecule has 0 fully saturated rings. The zero-order chi connectivity index (χ0) is 18.2. The molecule has 6 heteroatoms. The zero-order valence-electron chi connectivity index (χ0n) is 13.9. The molecule has 0 saturated carbocycles. The second-order valence-electron chi connectivity index (χ2n) is 5.19. The average Bonchev–Trinajstić information content (AvgIpc) is 2.61. The molecule has 0 aliphatic heterocycles. The van der Waals surface area contributed by atoms with E-state index in [1.54, 1.807) is 37.5 Å². The first-order valence-corrected chi connectivity index (χ1v) is 8.36. The van der Waals surface area contributed by atoms with E-state index in [0.717, 1.165) is 10.0 Å². The zero-order valence-corrected chi connectivity index (χ0v) is 15.4. The number of rotatable bonds is 6. The predicted octanol–water partition coefficient (Wildman–Crippen LogP) is 4.04. The molecule has 2 rings (SSSR count). The fraction of sp³-hybridized carbons (Fsp3) is 0.158. The molecule has 0 saturated heterocycles. The van der Waals surface area contributed by atoms with Crippen LogP contribution in [0, 0.1) is 0 Å². The van der Waals surface area contributed by atoms with Crippen LogP contribution in [0.15, 0.2) is 59.1 Å². The Bertz CT molecular complexity index is 771. The average molecular weight is 404 g/mol. The van der Waals surface area contributed by atoms with E-state index >= 15 is 0 Å². The molecule has 0 heterocycles. The molecule has 25 heavy (non-hydrogen) atoms. The summed E-state index contributed by atoms with van der Waals surface area (Å²) >= 11 is 3.34. The van der Waals surface area contributed by atoms with Crippen molar-refractivity contribution in [3.63, 3.8) is 0 Å². The number of ether oxygens (including phenoxy) is 2. The van der Waals surface area contributed by atoms with E-state index in [-0.39, 0.29) is 0 Å². The summed E-state index contributed by atoms with van der Waals surface area (Å²) in [5, 5.41) is 2.68. The summed E-state index contributed by atoms with van der Waals surface area (Å²) in [6.45, 7) is 1.51. The van der Waals surface area contributed by atoms with Gasteiger partial charge in [0.1, 0.15) is 5.75 Å². The summed E-state index contributed by atoms with van der Waals surface area (Å²) in [7, 11) is 1.54. The lowest BCUT2D eigenvalue weighted by Gasteiger charge is -2.12. The van der Waals surface area contributed by atoms with Crippen LogP contribution >= 0.6 is 15.9 Å². The van der Waals surface area contributed by atoms with Crippen molar-refractivity contribution in [1.29, 1.82) is 0 Å². The Hall–Kier alpha value is -2.60. The van der Waals surface area contributed by atoms with Crippen LogP contribution in [0.2, 0.25) is 0 Å². The summed E-state index contributed by atoms with van der Waals surface area (Å²) in [6.07, 6.45) is 1.99. The van der Waals surface area contributed by atoms with Gasteiger partial charge in [0.25, 0.3) is 5.91 Å². The first kappa shape index (κ1) is 18.7. The number of nitrogens with one attached hydrogen (secondary N) is 1. The van der Waals surface area contributed by atoms with Crippen LogP contribution in [0.5, 0.6) is 5.75 Å². The Morgan fingerprint density at radius 1 is 1.16 bits per heavy atom. The van der Waals surface area contributed by atoms with Gasteiger partial charge in [-0.3, -0.25) is 4.79 Å². The van der Waals surface area contributed by atoms with E-state index in [4.69, 9.17) is 9.47 Å². The third-order valence-corrected chi connectivity index (χ3v) is 3.81. The van der Waals surface area contributed by atoms with Gasteiger partial charge in [0.15, 0.2) is 6.10 Å². The molecule has 2 aromatic carbocycles. The summed E-state index contributed by atoms with van der Waals surface area (Å²) in [5.74, 6) is -0.380. The number of hydrogen-bond acceptors (Lipinski definition) is 4. The van der Waals surface area contributed by atoms with E-state index in [1.165, 1.54) is 13.0 Å². The molecule has 1 N–H and O–H groups in total. The number of esters is 1. The number of anilines is 1. The van der Waals surface area contributed by atoms with E-state index in [9.17, 15) is 9.59 Å². The first-order valence-electron chi connectivity index (χ1n) is 7.57. The van der Waals surface area contributed by atoms with Crippen molar-refractivity contribution in [2.45, 2.75) is 13.0 Å². The maximum atomic E-state index is 12.1. The Labute approximate surface area is 154 Å². The van der Waals surface area contributed by atoms with Crippen LogP contribution in [-0.4, -0.2) is 25.1 Å². The van der Waals surface area contributed by atoms with Gasteiger partial charge in [0.2, 0.25) is 0 Å². The molecule has 0 aliphatic rings. The van der Waals surface area contributed by atoms with Gasteiger partial charge in [-0.25, -0.2) is 4.79 Å². The summed E-state index contributed by atoms with van der Waals surface area (Å²) < 4.78 is 11.2. The lowest BCUT2D eigenvalue weighted by molar-refractivity contribution is -0.148. The van der Waals surface area contributed by atoms with Gasteiger partial charge in [0.05, 0.1) is 7.11 Å². The maximum Gasteiger partial charge on any atom is 0.331 e. The van der Waals surface area contributed by atoms with E-state index in [0.29, 0.717) is 11.4 Å². The molecule has 0 bridgehead atoms. The normalized spacial score (nSPS) is 11.8. The molecule has 2 aromatic rings. The molecular weight excluding hydrogens is 386 g/mol. The molecule has 130 valence electrons. The number of carbonyl (C=O) groups is 2. The number of carbonyl (C=O) groups excluding carboxylic acids is 2. The van der Waals surface area contributed by atoms with Gasteiger partial charge in [-0.05, 0) is 42.8 Å². The Morgan fingerprint density at radius 3 is 2.56 bits per heavy atom. The van der Waals surface area contributed by atoms with Crippen molar-refractivity contribution >= 4 is 39.6 Å². The van der Waals surface area contributed by atoms with Crippen LogP contribution in [0.25, 0.3) is 6.08 Å². The quantitative estimate of drug-likeness (QED) is 0.583. The highest BCUT2D eigenvalue weighted by molar-refractivity contribution is 9.10. The largest absolute Gasteiger partial charge is 0.497 e. The van der Waals surface area contributed by atoms with Crippen molar-refractivity contribution in [3.8, 4) is 5.75 Å². The number of methoxy groups -OCH3 is 1. The van der Waals surface area contributed by atoms with Gasteiger partial charge in [-0.1, -0.05) is 34.1 Å². The van der Waals surface area contributed by atoms with E-state index < -0.39 is 18.0 Å². The molecule has 0 radical (unpaired) electrons. The summed E-state index contributed by atoms with van der Waals surface area (Å²) in [5.41, 5.74) is 1.42. The minimum atomic E-state index is -0.923. The highest BCUT2D eigenvalue weighted by atomic mass is 79.9. The van der Waals surface area contributed by atoms with E-state index in [1.807, 2.05) is 24.3 Å². The molecule has 0 unspecified atom stereocenters. The third-order valence-electron chi connectivity index (χ3n) is 3.28. The van der Waals surface area contributed by atoms with Crippen LogP contribution < -0.4 is 10.1 Å². The maximum absolute atomic E-state index is 12.1. The van der Waals surface area contributed by atoms with Gasteiger partial charge < -0.3 is 14.8 Å². The molecular formula is C19H18BrNO4. The molecule has 0 spiro atoms. The number of amides is 1. The third kappa shape index (κ3) is 6.08. The van der Waals surface area contributed by atoms with Crippen molar-refractivity contribution < 1.29 is 19.1 Å². The number of hydrogen-bond donors (Lipinski definition) is 1. The summed E-state index contributed by atoms with van der Waals surface area (Å²) in [6, 6.07) is 14.4. The second kappa shape index (κ2) is 9.03.